The summed E-state index contributed by atoms with van der Waals surface area (Å²) in [4.78, 5) is 15.9. The van der Waals surface area contributed by atoms with E-state index in [-0.39, 0.29) is 12.5 Å². The molecule has 1 aromatic carbocycles. The van der Waals surface area contributed by atoms with Gasteiger partial charge in [0.15, 0.2) is 11.5 Å². The molecule has 0 aliphatic carbocycles. The first-order chi connectivity index (χ1) is 14.1. The van der Waals surface area contributed by atoms with Crippen LogP contribution in [-0.2, 0) is 17.9 Å². The van der Waals surface area contributed by atoms with Crippen molar-refractivity contribution in [3.05, 3.63) is 58.7 Å². The quantitative estimate of drug-likeness (QED) is 0.538. The topological polar surface area (TPSA) is 73.2 Å². The van der Waals surface area contributed by atoms with Gasteiger partial charge >= 0.3 is 0 Å². The van der Waals surface area contributed by atoms with E-state index in [1.165, 1.54) is 26.2 Å². The zero-order valence-electron chi connectivity index (χ0n) is 16.6. The van der Waals surface area contributed by atoms with Crippen molar-refractivity contribution in [3.63, 3.8) is 0 Å². The number of carbonyl (C=O) groups is 1. The number of hydrogen-bond acceptors (Lipinski definition) is 7. The molecule has 0 saturated carbocycles. The second-order valence-electron chi connectivity index (χ2n) is 6.27. The van der Waals surface area contributed by atoms with Crippen molar-refractivity contribution in [1.82, 2.24) is 4.90 Å². The van der Waals surface area contributed by atoms with E-state index < -0.39 is 0 Å². The van der Waals surface area contributed by atoms with Crippen molar-refractivity contribution in [1.29, 1.82) is 0 Å². The van der Waals surface area contributed by atoms with Crippen LogP contribution >= 0.6 is 11.3 Å². The summed E-state index contributed by atoms with van der Waals surface area (Å²) < 4.78 is 21.5. The summed E-state index contributed by atoms with van der Waals surface area (Å²) in [7, 11) is 4.61. The lowest BCUT2D eigenvalue weighted by Crippen LogP contribution is -2.32. The smallest absolute Gasteiger partial charge is 0.238 e. The first-order valence-electron chi connectivity index (χ1n) is 9.00. The fraction of sp³-hybridized carbons (Fsp3) is 0.286. The molecule has 0 radical (unpaired) electrons. The molecule has 0 atom stereocenters. The summed E-state index contributed by atoms with van der Waals surface area (Å²) in [5.74, 6) is 2.09. The monoisotopic (exact) mass is 416 g/mol. The van der Waals surface area contributed by atoms with Gasteiger partial charge in [-0.3, -0.25) is 9.69 Å². The van der Waals surface area contributed by atoms with Crippen molar-refractivity contribution in [2.45, 2.75) is 13.1 Å². The average Bonchev–Trinajstić information content (AvgIpc) is 3.41. The zero-order valence-corrected chi connectivity index (χ0v) is 17.5. The molecule has 0 saturated heterocycles. The van der Waals surface area contributed by atoms with E-state index in [0.29, 0.717) is 36.0 Å². The van der Waals surface area contributed by atoms with Crippen LogP contribution in [0.5, 0.6) is 17.2 Å². The van der Waals surface area contributed by atoms with Crippen LogP contribution in [0.2, 0.25) is 0 Å². The van der Waals surface area contributed by atoms with Gasteiger partial charge in [-0.15, -0.1) is 11.3 Å². The number of ether oxygens (including phenoxy) is 3. The van der Waals surface area contributed by atoms with Crippen LogP contribution in [0.4, 0.5) is 5.69 Å². The molecular weight excluding hydrogens is 392 g/mol. The standard InChI is InChI=1S/C21H24N2O5S/c1-25-18-10-15(11-19(26-2)21(18)27-3)22-20(24)14-23(12-16-6-4-8-28-16)13-17-7-5-9-29-17/h4-11H,12-14H2,1-3H3,(H,22,24). The van der Waals surface area contributed by atoms with Gasteiger partial charge in [-0.25, -0.2) is 0 Å². The SMILES string of the molecule is COc1cc(NC(=O)CN(Cc2ccco2)Cc2cccs2)cc(OC)c1OC. The number of anilines is 1. The van der Waals surface area contributed by atoms with Gasteiger partial charge in [-0.2, -0.15) is 0 Å². The Balaban J connectivity index is 1.72. The molecule has 2 heterocycles. The molecule has 3 aromatic rings. The van der Waals surface area contributed by atoms with Gasteiger partial charge in [0.25, 0.3) is 0 Å². The highest BCUT2D eigenvalue weighted by atomic mass is 32.1. The first-order valence-corrected chi connectivity index (χ1v) is 9.88. The summed E-state index contributed by atoms with van der Waals surface area (Å²) in [5.41, 5.74) is 0.568. The molecule has 7 nitrogen and oxygen atoms in total. The molecule has 3 rings (SSSR count). The molecule has 0 aliphatic rings. The minimum absolute atomic E-state index is 0.151. The third kappa shape index (κ3) is 5.52. The van der Waals surface area contributed by atoms with Gasteiger partial charge in [-0.1, -0.05) is 6.07 Å². The Bertz CT molecular complexity index is 848. The fourth-order valence-corrected chi connectivity index (χ4v) is 3.72. The zero-order chi connectivity index (χ0) is 20.6. The van der Waals surface area contributed by atoms with Crippen LogP contribution in [0.3, 0.4) is 0 Å². The molecule has 0 spiro atoms. The summed E-state index contributed by atoms with van der Waals surface area (Å²) in [6.07, 6.45) is 1.63. The summed E-state index contributed by atoms with van der Waals surface area (Å²) >= 11 is 1.66. The normalized spacial score (nSPS) is 10.8. The second-order valence-corrected chi connectivity index (χ2v) is 7.30. The van der Waals surface area contributed by atoms with Gasteiger partial charge in [0.05, 0.1) is 40.7 Å². The van der Waals surface area contributed by atoms with E-state index >= 15 is 0 Å². The lowest BCUT2D eigenvalue weighted by molar-refractivity contribution is -0.117. The van der Waals surface area contributed by atoms with Crippen molar-refractivity contribution in [2.75, 3.05) is 33.2 Å². The predicted molar refractivity (Wildman–Crippen MR) is 112 cm³/mol. The van der Waals surface area contributed by atoms with Crippen molar-refractivity contribution in [2.24, 2.45) is 0 Å². The Hall–Kier alpha value is -2.97. The van der Waals surface area contributed by atoms with Gasteiger partial charge in [0.2, 0.25) is 11.7 Å². The lowest BCUT2D eigenvalue weighted by Gasteiger charge is -2.20. The first kappa shape index (κ1) is 20.8. The number of hydrogen-bond donors (Lipinski definition) is 1. The largest absolute Gasteiger partial charge is 0.493 e. The van der Waals surface area contributed by atoms with Gasteiger partial charge in [0.1, 0.15) is 5.76 Å². The van der Waals surface area contributed by atoms with Crippen LogP contribution in [-0.4, -0.2) is 38.7 Å². The van der Waals surface area contributed by atoms with E-state index in [2.05, 4.69) is 11.4 Å². The Morgan fingerprint density at radius 2 is 1.83 bits per heavy atom. The highest BCUT2D eigenvalue weighted by Crippen LogP contribution is 2.39. The highest BCUT2D eigenvalue weighted by molar-refractivity contribution is 7.09. The molecule has 0 fully saturated rings. The number of rotatable bonds is 10. The van der Waals surface area contributed by atoms with E-state index in [1.807, 2.05) is 28.5 Å². The van der Waals surface area contributed by atoms with E-state index in [0.717, 1.165) is 5.76 Å². The number of nitrogens with zero attached hydrogens (tertiary/aromatic N) is 1. The Labute approximate surface area is 173 Å². The highest BCUT2D eigenvalue weighted by Gasteiger charge is 2.17. The van der Waals surface area contributed by atoms with Crippen molar-refractivity contribution < 1.29 is 23.4 Å². The molecule has 1 N–H and O–H groups in total. The number of nitrogens with one attached hydrogen (secondary N) is 1. The molecule has 0 aliphatic heterocycles. The second kappa shape index (κ2) is 9.99. The molecule has 1 amide bonds. The van der Waals surface area contributed by atoms with E-state index in [4.69, 9.17) is 18.6 Å². The molecule has 0 bridgehead atoms. The van der Waals surface area contributed by atoms with Crippen molar-refractivity contribution in [3.8, 4) is 17.2 Å². The van der Waals surface area contributed by atoms with E-state index in [9.17, 15) is 4.79 Å². The molecule has 2 aromatic heterocycles. The number of methoxy groups -OCH3 is 3. The van der Waals surface area contributed by atoms with Gasteiger partial charge in [0, 0.05) is 29.2 Å². The van der Waals surface area contributed by atoms with Crippen LogP contribution < -0.4 is 19.5 Å². The van der Waals surface area contributed by atoms with Crippen LogP contribution in [0.1, 0.15) is 10.6 Å². The number of furan rings is 1. The summed E-state index contributed by atoms with van der Waals surface area (Å²) in [6.45, 7) is 1.39. The minimum atomic E-state index is -0.151. The van der Waals surface area contributed by atoms with Gasteiger partial charge < -0.3 is 23.9 Å². The third-order valence-electron chi connectivity index (χ3n) is 4.23. The molecular formula is C21H24N2O5S. The number of amides is 1. The Morgan fingerprint density at radius 3 is 2.38 bits per heavy atom. The maximum atomic E-state index is 12.7. The third-order valence-corrected chi connectivity index (χ3v) is 5.10. The average molecular weight is 416 g/mol. The number of benzene rings is 1. The van der Waals surface area contributed by atoms with Crippen LogP contribution in [0, 0.1) is 0 Å². The van der Waals surface area contributed by atoms with E-state index in [1.54, 1.807) is 29.7 Å². The Kier molecular flexibility index (Phi) is 7.15. The maximum absolute atomic E-state index is 12.7. The Morgan fingerprint density at radius 1 is 1.07 bits per heavy atom. The maximum Gasteiger partial charge on any atom is 0.238 e. The summed E-state index contributed by atoms with van der Waals surface area (Å²) in [6, 6.07) is 11.2. The molecule has 154 valence electrons. The fourth-order valence-electron chi connectivity index (χ4n) is 2.97. The predicted octanol–water partition coefficient (Wildman–Crippen LogP) is 4.01. The molecule has 8 heteroatoms. The van der Waals surface area contributed by atoms with Crippen LogP contribution in [0.15, 0.2) is 52.5 Å². The molecule has 29 heavy (non-hydrogen) atoms. The molecule has 0 unspecified atom stereocenters. The number of carbonyl (C=O) groups excluding carboxylic acids is 1. The number of thiophene rings is 1. The summed E-state index contributed by atoms with van der Waals surface area (Å²) in [5, 5.41) is 4.93. The lowest BCUT2D eigenvalue weighted by atomic mass is 10.2. The van der Waals surface area contributed by atoms with Gasteiger partial charge in [-0.05, 0) is 23.6 Å². The minimum Gasteiger partial charge on any atom is -0.493 e. The van der Waals surface area contributed by atoms with Crippen molar-refractivity contribution >= 4 is 22.9 Å². The van der Waals surface area contributed by atoms with Crippen LogP contribution in [0.25, 0.3) is 0 Å².